The molecule has 0 fully saturated rings. The Kier molecular flexibility index (Phi) is 2.51. The summed E-state index contributed by atoms with van der Waals surface area (Å²) in [5, 5.41) is 0.720. The molecule has 0 aliphatic heterocycles. The van der Waals surface area contributed by atoms with E-state index in [1.54, 1.807) is 10.8 Å². The second-order valence-corrected chi connectivity index (χ2v) is 6.48. The number of halogens is 1. The van der Waals surface area contributed by atoms with Gasteiger partial charge in [-0.2, -0.15) is 0 Å². The van der Waals surface area contributed by atoms with Crippen molar-refractivity contribution in [1.29, 1.82) is 0 Å². The number of benzene rings is 1. The Morgan fingerprint density at radius 3 is 2.44 bits per heavy atom. The molecule has 1 aromatic heterocycles. The van der Waals surface area contributed by atoms with Crippen LogP contribution in [0.2, 0.25) is 0 Å². The molecule has 0 radical (unpaired) electrons. The molecule has 1 aromatic carbocycles. The summed E-state index contributed by atoms with van der Waals surface area (Å²) in [6, 6.07) is 3.88. The lowest BCUT2D eigenvalue weighted by Gasteiger charge is -2.03. The molecule has 86 valence electrons. The molecule has 0 N–H and O–H groups in total. The summed E-state index contributed by atoms with van der Waals surface area (Å²) in [4.78, 5) is 0.188. The number of fused-ring (bicyclic) bond motifs is 1. The Bertz CT molecular complexity index is 671. The van der Waals surface area contributed by atoms with Gasteiger partial charge in [0.25, 0.3) is 9.05 Å². The molecule has 3 nitrogen and oxygen atoms in total. The number of nitrogens with zero attached hydrogens (tertiary/aromatic N) is 1. The van der Waals surface area contributed by atoms with Crippen LogP contribution in [0.15, 0.2) is 23.2 Å². The summed E-state index contributed by atoms with van der Waals surface area (Å²) in [7, 11) is 3.55. The first-order valence-electron chi connectivity index (χ1n) is 4.82. The van der Waals surface area contributed by atoms with Crippen LogP contribution in [0.25, 0.3) is 10.9 Å². The molecule has 0 aliphatic rings. The van der Waals surface area contributed by atoms with Gasteiger partial charge in [-0.15, -0.1) is 0 Å². The van der Waals surface area contributed by atoms with E-state index in [4.69, 9.17) is 10.7 Å². The Hall–Kier alpha value is -1.00. The first-order chi connectivity index (χ1) is 7.32. The molecule has 16 heavy (non-hydrogen) atoms. The number of hydrogen-bond donors (Lipinski definition) is 0. The lowest BCUT2D eigenvalue weighted by atomic mass is 10.1. The minimum Gasteiger partial charge on any atom is -0.349 e. The van der Waals surface area contributed by atoms with Gasteiger partial charge in [0, 0.05) is 34.8 Å². The first-order valence-corrected chi connectivity index (χ1v) is 7.13. The van der Waals surface area contributed by atoms with Crippen molar-refractivity contribution in [1.82, 2.24) is 4.57 Å². The molecule has 2 aromatic rings. The molecule has 2 rings (SSSR count). The summed E-state index contributed by atoms with van der Waals surface area (Å²) < 4.78 is 24.7. The van der Waals surface area contributed by atoms with Gasteiger partial charge in [-0.05, 0) is 31.0 Å². The zero-order chi connectivity index (χ0) is 12.1. The van der Waals surface area contributed by atoms with E-state index in [0.717, 1.165) is 22.0 Å². The summed E-state index contributed by atoms with van der Waals surface area (Å²) in [5.41, 5.74) is 2.89. The van der Waals surface area contributed by atoms with Crippen LogP contribution in [0.4, 0.5) is 0 Å². The smallest absolute Gasteiger partial charge is 0.263 e. The minimum absolute atomic E-state index is 0.188. The van der Waals surface area contributed by atoms with E-state index in [1.165, 1.54) is 0 Å². The largest absolute Gasteiger partial charge is 0.349 e. The highest BCUT2D eigenvalue weighted by molar-refractivity contribution is 8.14. The van der Waals surface area contributed by atoms with Gasteiger partial charge in [-0.25, -0.2) is 8.42 Å². The van der Waals surface area contributed by atoms with Gasteiger partial charge >= 0.3 is 0 Å². The normalized spacial score (nSPS) is 12.2. The first kappa shape index (κ1) is 11.5. The number of aromatic nitrogens is 1. The van der Waals surface area contributed by atoms with Crippen molar-refractivity contribution in [3.05, 3.63) is 29.5 Å². The zero-order valence-electron chi connectivity index (χ0n) is 9.28. The highest BCUT2D eigenvalue weighted by Gasteiger charge is 2.19. The van der Waals surface area contributed by atoms with Gasteiger partial charge in [-0.1, -0.05) is 6.07 Å². The van der Waals surface area contributed by atoms with Crippen LogP contribution in [0.1, 0.15) is 11.1 Å². The second-order valence-electron chi connectivity index (χ2n) is 3.94. The Morgan fingerprint density at radius 1 is 1.25 bits per heavy atom. The topological polar surface area (TPSA) is 39.1 Å². The number of hydrogen-bond acceptors (Lipinski definition) is 2. The highest BCUT2D eigenvalue weighted by atomic mass is 35.7. The Morgan fingerprint density at radius 2 is 1.88 bits per heavy atom. The fraction of sp³-hybridized carbons (Fsp3) is 0.273. The SMILES string of the molecule is Cc1ccc2c(c(S(=O)(=O)Cl)cn2C)c1C. The van der Waals surface area contributed by atoms with Crippen LogP contribution in [0.3, 0.4) is 0 Å². The molecule has 5 heteroatoms. The van der Waals surface area contributed by atoms with E-state index in [1.807, 2.05) is 33.0 Å². The van der Waals surface area contributed by atoms with E-state index >= 15 is 0 Å². The third-order valence-electron chi connectivity index (χ3n) is 2.91. The maximum Gasteiger partial charge on any atom is 0.263 e. The van der Waals surface area contributed by atoms with Crippen LogP contribution in [-0.2, 0) is 16.1 Å². The van der Waals surface area contributed by atoms with Gasteiger partial charge in [0.05, 0.1) is 0 Å². The average Bonchev–Trinajstić information content (AvgIpc) is 2.50. The predicted octanol–water partition coefficient (Wildman–Crippen LogP) is 2.72. The number of aryl methyl sites for hydroxylation is 3. The maximum absolute atomic E-state index is 11.5. The van der Waals surface area contributed by atoms with Crippen LogP contribution in [0.5, 0.6) is 0 Å². The predicted molar refractivity (Wildman–Crippen MR) is 65.4 cm³/mol. The quantitative estimate of drug-likeness (QED) is 0.737. The van der Waals surface area contributed by atoms with Crippen LogP contribution >= 0.6 is 10.7 Å². The number of rotatable bonds is 1. The molecular formula is C11H12ClNO2S. The molecule has 0 saturated carbocycles. The highest BCUT2D eigenvalue weighted by Crippen LogP contribution is 2.31. The van der Waals surface area contributed by atoms with Crippen molar-refractivity contribution >= 4 is 30.6 Å². The molecule has 0 amide bonds. The average molecular weight is 258 g/mol. The second kappa shape index (κ2) is 3.50. The van der Waals surface area contributed by atoms with Crippen molar-refractivity contribution in [2.24, 2.45) is 7.05 Å². The van der Waals surface area contributed by atoms with Crippen LogP contribution < -0.4 is 0 Å². The van der Waals surface area contributed by atoms with Crippen molar-refractivity contribution < 1.29 is 8.42 Å². The fourth-order valence-electron chi connectivity index (χ4n) is 1.90. The summed E-state index contributed by atoms with van der Waals surface area (Å²) in [5.74, 6) is 0. The zero-order valence-corrected chi connectivity index (χ0v) is 10.9. The Labute approximate surface area is 99.1 Å². The van der Waals surface area contributed by atoms with Crippen LogP contribution in [-0.4, -0.2) is 13.0 Å². The summed E-state index contributed by atoms with van der Waals surface area (Å²) in [6.45, 7) is 3.86. The molecule has 1 heterocycles. The van der Waals surface area contributed by atoms with Crippen molar-refractivity contribution in [3.63, 3.8) is 0 Å². The molecule has 0 unspecified atom stereocenters. The molecule has 0 bridgehead atoms. The third kappa shape index (κ3) is 1.62. The standard InChI is InChI=1S/C11H12ClNO2S/c1-7-4-5-9-11(8(7)2)10(6-13(9)3)16(12,14)15/h4-6H,1-3H3. The van der Waals surface area contributed by atoms with Gasteiger partial charge in [0.15, 0.2) is 0 Å². The van der Waals surface area contributed by atoms with E-state index in [2.05, 4.69) is 0 Å². The molecule has 0 aliphatic carbocycles. The lowest BCUT2D eigenvalue weighted by Crippen LogP contribution is -1.90. The van der Waals surface area contributed by atoms with E-state index in [-0.39, 0.29) is 4.90 Å². The third-order valence-corrected chi connectivity index (χ3v) is 4.25. The van der Waals surface area contributed by atoms with Crippen molar-refractivity contribution in [2.75, 3.05) is 0 Å². The van der Waals surface area contributed by atoms with Crippen molar-refractivity contribution in [3.8, 4) is 0 Å². The lowest BCUT2D eigenvalue weighted by molar-refractivity contribution is 0.610. The van der Waals surface area contributed by atoms with Crippen molar-refractivity contribution in [2.45, 2.75) is 18.7 Å². The molecule has 0 atom stereocenters. The van der Waals surface area contributed by atoms with E-state index in [9.17, 15) is 8.42 Å². The molecular weight excluding hydrogens is 246 g/mol. The van der Waals surface area contributed by atoms with Gasteiger partial charge in [0.1, 0.15) is 4.90 Å². The fourth-order valence-corrected chi connectivity index (χ4v) is 3.04. The molecule has 0 saturated heterocycles. The molecule has 0 spiro atoms. The van der Waals surface area contributed by atoms with E-state index in [0.29, 0.717) is 0 Å². The summed E-state index contributed by atoms with van der Waals surface area (Å²) >= 11 is 0. The van der Waals surface area contributed by atoms with Gasteiger partial charge < -0.3 is 4.57 Å². The Balaban J connectivity index is 3.03. The monoisotopic (exact) mass is 257 g/mol. The van der Waals surface area contributed by atoms with Gasteiger partial charge in [-0.3, -0.25) is 0 Å². The maximum atomic E-state index is 11.5. The minimum atomic E-state index is -3.70. The summed E-state index contributed by atoms with van der Waals surface area (Å²) in [6.07, 6.45) is 1.56. The van der Waals surface area contributed by atoms with E-state index < -0.39 is 9.05 Å². The van der Waals surface area contributed by atoms with Crippen LogP contribution in [0, 0.1) is 13.8 Å². The van der Waals surface area contributed by atoms with Gasteiger partial charge in [0.2, 0.25) is 0 Å².